The van der Waals surface area contributed by atoms with Crippen LogP contribution < -0.4 is 15.5 Å². The summed E-state index contributed by atoms with van der Waals surface area (Å²) in [6.07, 6.45) is 1.30. The summed E-state index contributed by atoms with van der Waals surface area (Å²) < 4.78 is 5.09. The summed E-state index contributed by atoms with van der Waals surface area (Å²) in [6, 6.07) is 9.84. The molecule has 126 valence electrons. The maximum atomic E-state index is 11.7. The van der Waals surface area contributed by atoms with Crippen LogP contribution in [0.25, 0.3) is 0 Å². The number of nitrogens with one attached hydrogen (secondary N) is 2. The maximum Gasteiger partial charge on any atom is 0.259 e. The zero-order chi connectivity index (χ0) is 17.5. The maximum absolute atomic E-state index is 11.7. The number of phenols is 2. The summed E-state index contributed by atoms with van der Waals surface area (Å²) in [7, 11) is 1.56. The van der Waals surface area contributed by atoms with Crippen LogP contribution in [0.5, 0.6) is 17.2 Å². The zero-order valence-electron chi connectivity index (χ0n) is 12.8. The van der Waals surface area contributed by atoms with Crippen molar-refractivity contribution in [1.29, 1.82) is 0 Å². The molecule has 2 aromatic rings. The van der Waals surface area contributed by atoms with Crippen molar-refractivity contribution in [2.24, 2.45) is 5.10 Å². The minimum atomic E-state index is -0.402. The molecule has 0 aliphatic rings. The highest BCUT2D eigenvalue weighted by atomic mass is 35.5. The molecule has 0 aromatic heterocycles. The molecule has 0 aliphatic heterocycles. The van der Waals surface area contributed by atoms with Crippen molar-refractivity contribution in [3.8, 4) is 17.2 Å². The van der Waals surface area contributed by atoms with E-state index in [1.165, 1.54) is 18.3 Å². The summed E-state index contributed by atoms with van der Waals surface area (Å²) in [6.45, 7) is 0.0199. The Labute approximate surface area is 143 Å². The Balaban J connectivity index is 1.86. The van der Waals surface area contributed by atoms with Crippen LogP contribution >= 0.6 is 11.6 Å². The highest BCUT2D eigenvalue weighted by Crippen LogP contribution is 2.33. The Morgan fingerprint density at radius 1 is 1.33 bits per heavy atom. The molecule has 0 heterocycles. The van der Waals surface area contributed by atoms with Crippen LogP contribution in [0.4, 0.5) is 5.69 Å². The zero-order valence-corrected chi connectivity index (χ0v) is 13.5. The number of rotatable bonds is 6. The number of hydrogen-bond donors (Lipinski definition) is 4. The third kappa shape index (κ3) is 4.79. The molecule has 8 heteroatoms. The smallest absolute Gasteiger partial charge is 0.259 e. The Morgan fingerprint density at radius 2 is 2.12 bits per heavy atom. The van der Waals surface area contributed by atoms with E-state index in [1.54, 1.807) is 31.4 Å². The molecule has 0 atom stereocenters. The largest absolute Gasteiger partial charge is 0.504 e. The molecule has 0 aliphatic carbocycles. The van der Waals surface area contributed by atoms with Crippen LogP contribution in [0.2, 0.25) is 5.02 Å². The van der Waals surface area contributed by atoms with Crippen LogP contribution in [0.15, 0.2) is 41.5 Å². The van der Waals surface area contributed by atoms with E-state index in [9.17, 15) is 15.0 Å². The summed E-state index contributed by atoms with van der Waals surface area (Å²) in [5, 5.41) is 25.5. The number of phenolic OH excluding ortho intramolecular Hbond substituents is 2. The number of amides is 1. The van der Waals surface area contributed by atoms with E-state index in [2.05, 4.69) is 15.8 Å². The van der Waals surface area contributed by atoms with Gasteiger partial charge in [-0.3, -0.25) is 4.79 Å². The van der Waals surface area contributed by atoms with Gasteiger partial charge in [0, 0.05) is 11.8 Å². The van der Waals surface area contributed by atoms with E-state index in [0.29, 0.717) is 11.3 Å². The first-order valence-corrected chi connectivity index (χ1v) is 7.28. The third-order valence-electron chi connectivity index (χ3n) is 2.99. The molecule has 0 fully saturated rings. The number of carbonyl (C=O) groups is 1. The van der Waals surface area contributed by atoms with Gasteiger partial charge in [-0.2, -0.15) is 5.10 Å². The Kier molecular flexibility index (Phi) is 5.86. The molecular weight excluding hydrogens is 334 g/mol. The van der Waals surface area contributed by atoms with Gasteiger partial charge >= 0.3 is 0 Å². The predicted molar refractivity (Wildman–Crippen MR) is 92.0 cm³/mol. The first-order valence-electron chi connectivity index (χ1n) is 6.91. The highest BCUT2D eigenvalue weighted by Gasteiger charge is 2.06. The van der Waals surface area contributed by atoms with E-state index < -0.39 is 5.75 Å². The van der Waals surface area contributed by atoms with Crippen LogP contribution in [-0.4, -0.2) is 36.0 Å². The number of ether oxygens (including phenoxy) is 1. The lowest BCUT2D eigenvalue weighted by atomic mass is 10.2. The topological polar surface area (TPSA) is 103 Å². The molecule has 0 bridgehead atoms. The molecule has 0 saturated carbocycles. The number of halogens is 1. The number of aromatic hydroxyl groups is 2. The average molecular weight is 350 g/mol. The fourth-order valence-corrected chi connectivity index (χ4v) is 2.04. The standard InChI is InChI=1S/C16H16ClN3O4/c1-24-12-4-2-3-11(7-12)18-9-15(22)20-19-8-10-5-13(17)16(23)14(21)6-10/h2-8,18,21,23H,9H2,1H3,(H,20,22)/b19-8+. The van der Waals surface area contributed by atoms with Crippen LogP contribution in [0.1, 0.15) is 5.56 Å². The molecular formula is C16H16ClN3O4. The molecule has 2 aromatic carbocycles. The highest BCUT2D eigenvalue weighted by molar-refractivity contribution is 6.32. The SMILES string of the molecule is COc1cccc(NCC(=O)N/N=C/c2cc(O)c(O)c(Cl)c2)c1. The minimum absolute atomic E-state index is 0.0116. The molecule has 0 radical (unpaired) electrons. The number of hydrogen-bond acceptors (Lipinski definition) is 6. The van der Waals surface area contributed by atoms with Gasteiger partial charge in [-0.15, -0.1) is 0 Å². The number of methoxy groups -OCH3 is 1. The first-order chi connectivity index (χ1) is 11.5. The average Bonchev–Trinajstić information content (AvgIpc) is 2.58. The van der Waals surface area contributed by atoms with Crippen molar-refractivity contribution in [2.75, 3.05) is 19.0 Å². The Bertz CT molecular complexity index is 742. The van der Waals surface area contributed by atoms with Crippen LogP contribution in [0, 0.1) is 0 Å². The molecule has 0 spiro atoms. The fraction of sp³-hybridized carbons (Fsp3) is 0.125. The second-order valence-corrected chi connectivity index (χ2v) is 5.16. The van der Waals surface area contributed by atoms with Gasteiger partial charge in [-0.05, 0) is 29.8 Å². The van der Waals surface area contributed by atoms with Crippen molar-refractivity contribution in [1.82, 2.24) is 5.43 Å². The van der Waals surface area contributed by atoms with E-state index in [-0.39, 0.29) is 23.2 Å². The summed E-state index contributed by atoms with van der Waals surface area (Å²) >= 11 is 5.72. The van der Waals surface area contributed by atoms with Crippen molar-refractivity contribution >= 4 is 29.4 Å². The van der Waals surface area contributed by atoms with Crippen molar-refractivity contribution in [2.45, 2.75) is 0 Å². The second-order valence-electron chi connectivity index (χ2n) is 4.75. The number of anilines is 1. The van der Waals surface area contributed by atoms with E-state index >= 15 is 0 Å². The molecule has 1 amide bonds. The predicted octanol–water partition coefficient (Wildman–Crippen LogP) is 2.32. The van der Waals surface area contributed by atoms with Gasteiger partial charge in [0.05, 0.1) is 24.9 Å². The molecule has 0 unspecified atom stereocenters. The van der Waals surface area contributed by atoms with Gasteiger partial charge in [0.15, 0.2) is 11.5 Å². The Morgan fingerprint density at radius 3 is 2.83 bits per heavy atom. The number of nitrogens with zero attached hydrogens (tertiary/aromatic N) is 1. The van der Waals surface area contributed by atoms with Gasteiger partial charge < -0.3 is 20.3 Å². The molecule has 0 saturated heterocycles. The number of benzene rings is 2. The Hall–Kier alpha value is -2.93. The summed E-state index contributed by atoms with van der Waals surface area (Å²) in [4.78, 5) is 11.7. The van der Waals surface area contributed by atoms with Gasteiger partial charge in [-0.1, -0.05) is 17.7 Å². The van der Waals surface area contributed by atoms with E-state index in [4.69, 9.17) is 16.3 Å². The van der Waals surface area contributed by atoms with Gasteiger partial charge in [0.25, 0.3) is 5.91 Å². The molecule has 4 N–H and O–H groups in total. The quantitative estimate of drug-likeness (QED) is 0.364. The van der Waals surface area contributed by atoms with Crippen molar-refractivity contribution in [3.63, 3.8) is 0 Å². The lowest BCUT2D eigenvalue weighted by Gasteiger charge is -2.07. The lowest BCUT2D eigenvalue weighted by Crippen LogP contribution is -2.25. The first kappa shape index (κ1) is 17.4. The fourth-order valence-electron chi connectivity index (χ4n) is 1.81. The normalized spacial score (nSPS) is 10.6. The summed E-state index contributed by atoms with van der Waals surface area (Å²) in [5.41, 5.74) is 3.50. The van der Waals surface area contributed by atoms with Crippen molar-refractivity contribution in [3.05, 3.63) is 47.0 Å². The number of hydrazone groups is 1. The van der Waals surface area contributed by atoms with Crippen molar-refractivity contribution < 1.29 is 19.7 Å². The minimum Gasteiger partial charge on any atom is -0.504 e. The second kappa shape index (κ2) is 8.07. The molecule has 2 rings (SSSR count). The van der Waals surface area contributed by atoms with Crippen LogP contribution in [0.3, 0.4) is 0 Å². The summed E-state index contributed by atoms with van der Waals surface area (Å²) in [5.74, 6) is -0.444. The molecule has 7 nitrogen and oxygen atoms in total. The molecule has 24 heavy (non-hydrogen) atoms. The van der Waals surface area contributed by atoms with Gasteiger partial charge in [0.2, 0.25) is 0 Å². The monoisotopic (exact) mass is 349 g/mol. The van der Waals surface area contributed by atoms with Gasteiger partial charge in [0.1, 0.15) is 5.75 Å². The van der Waals surface area contributed by atoms with E-state index in [1.807, 2.05) is 0 Å². The van der Waals surface area contributed by atoms with E-state index in [0.717, 1.165) is 5.69 Å². The third-order valence-corrected chi connectivity index (χ3v) is 3.28. The van der Waals surface area contributed by atoms with Gasteiger partial charge in [-0.25, -0.2) is 5.43 Å². The number of carbonyl (C=O) groups excluding carboxylic acids is 1. The lowest BCUT2D eigenvalue weighted by molar-refractivity contribution is -0.119. The van der Waals surface area contributed by atoms with Crippen LogP contribution in [-0.2, 0) is 4.79 Å².